The van der Waals surface area contributed by atoms with E-state index in [1.165, 1.54) is 5.56 Å². The molecule has 0 aliphatic heterocycles. The minimum absolute atomic E-state index is 0.0824. The van der Waals surface area contributed by atoms with Crippen molar-refractivity contribution in [3.05, 3.63) is 35.4 Å². The molecule has 0 fully saturated rings. The summed E-state index contributed by atoms with van der Waals surface area (Å²) in [5.74, 6) is 1.95. The van der Waals surface area contributed by atoms with E-state index < -0.39 is 12.1 Å². The van der Waals surface area contributed by atoms with E-state index in [1.807, 2.05) is 24.3 Å². The van der Waals surface area contributed by atoms with Crippen molar-refractivity contribution in [1.82, 2.24) is 0 Å². The van der Waals surface area contributed by atoms with Crippen LogP contribution in [0.25, 0.3) is 0 Å². The number of hydrogen-bond acceptors (Lipinski definition) is 3. The van der Waals surface area contributed by atoms with Gasteiger partial charge >= 0.3 is 5.97 Å². The SMILES string of the molecule is C#CCOC(C(=O)OCC)c1ccc(CC)cc1. The molecular weight excluding hydrogens is 228 g/mol. The first-order valence-electron chi connectivity index (χ1n) is 6.03. The molecule has 0 spiro atoms. The average molecular weight is 246 g/mol. The van der Waals surface area contributed by atoms with Gasteiger partial charge in [0.25, 0.3) is 0 Å². The largest absolute Gasteiger partial charge is 0.464 e. The lowest BCUT2D eigenvalue weighted by Crippen LogP contribution is -2.19. The third-order valence-electron chi connectivity index (χ3n) is 2.52. The van der Waals surface area contributed by atoms with E-state index in [0.717, 1.165) is 12.0 Å². The van der Waals surface area contributed by atoms with E-state index in [1.54, 1.807) is 6.92 Å². The molecular formula is C15H18O3. The molecule has 0 heterocycles. The predicted molar refractivity (Wildman–Crippen MR) is 70.0 cm³/mol. The lowest BCUT2D eigenvalue weighted by Gasteiger charge is -2.15. The van der Waals surface area contributed by atoms with E-state index in [-0.39, 0.29) is 6.61 Å². The number of ether oxygens (including phenoxy) is 2. The van der Waals surface area contributed by atoms with Gasteiger partial charge in [0.2, 0.25) is 0 Å². The molecule has 0 amide bonds. The van der Waals surface area contributed by atoms with Crippen LogP contribution in [0.2, 0.25) is 0 Å². The molecule has 0 aliphatic carbocycles. The van der Waals surface area contributed by atoms with Crippen LogP contribution in [-0.4, -0.2) is 19.2 Å². The number of terminal acetylenes is 1. The molecule has 1 aromatic carbocycles. The Morgan fingerprint density at radius 1 is 1.33 bits per heavy atom. The Morgan fingerprint density at radius 3 is 2.50 bits per heavy atom. The van der Waals surface area contributed by atoms with Gasteiger partial charge in [0.15, 0.2) is 6.10 Å². The summed E-state index contributed by atoms with van der Waals surface area (Å²) in [5, 5.41) is 0. The molecule has 0 bridgehead atoms. The fourth-order valence-electron chi connectivity index (χ4n) is 1.58. The highest BCUT2D eigenvalue weighted by Gasteiger charge is 2.22. The molecule has 0 saturated heterocycles. The van der Waals surface area contributed by atoms with E-state index in [9.17, 15) is 4.79 Å². The highest BCUT2D eigenvalue weighted by molar-refractivity contribution is 5.76. The second kappa shape index (κ2) is 7.52. The molecule has 3 nitrogen and oxygen atoms in total. The van der Waals surface area contributed by atoms with Crippen LogP contribution < -0.4 is 0 Å². The lowest BCUT2D eigenvalue weighted by atomic mass is 10.1. The van der Waals surface area contributed by atoms with Crippen LogP contribution in [0.5, 0.6) is 0 Å². The molecule has 1 aromatic rings. The normalized spacial score (nSPS) is 11.6. The third kappa shape index (κ3) is 3.90. The molecule has 0 saturated carbocycles. The zero-order valence-corrected chi connectivity index (χ0v) is 10.8. The molecule has 18 heavy (non-hydrogen) atoms. The van der Waals surface area contributed by atoms with Crippen LogP contribution in [0.3, 0.4) is 0 Å². The molecule has 0 aromatic heterocycles. The van der Waals surface area contributed by atoms with Gasteiger partial charge < -0.3 is 9.47 Å². The molecule has 1 unspecified atom stereocenters. The number of carbonyl (C=O) groups is 1. The van der Waals surface area contributed by atoms with Gasteiger partial charge in [-0.3, -0.25) is 0 Å². The Kier molecular flexibility index (Phi) is 5.96. The Balaban J connectivity index is 2.86. The van der Waals surface area contributed by atoms with E-state index >= 15 is 0 Å². The summed E-state index contributed by atoms with van der Waals surface area (Å²) in [6.45, 7) is 4.24. The van der Waals surface area contributed by atoms with Gasteiger partial charge in [0.05, 0.1) is 6.61 Å². The topological polar surface area (TPSA) is 35.5 Å². The highest BCUT2D eigenvalue weighted by atomic mass is 16.6. The molecule has 96 valence electrons. The van der Waals surface area contributed by atoms with Crippen LogP contribution in [0, 0.1) is 12.3 Å². The maximum Gasteiger partial charge on any atom is 0.339 e. The highest BCUT2D eigenvalue weighted by Crippen LogP contribution is 2.20. The standard InChI is InChI=1S/C15H18O3/c1-4-11-18-14(15(16)17-6-3)13-9-7-12(5-2)8-10-13/h1,7-10,14H,5-6,11H2,2-3H3. The van der Waals surface area contributed by atoms with E-state index in [2.05, 4.69) is 12.8 Å². The van der Waals surface area contributed by atoms with Crippen molar-refractivity contribution in [2.45, 2.75) is 26.4 Å². The smallest absolute Gasteiger partial charge is 0.339 e. The van der Waals surface area contributed by atoms with E-state index in [0.29, 0.717) is 6.61 Å². The zero-order valence-electron chi connectivity index (χ0n) is 10.8. The van der Waals surface area contributed by atoms with Gasteiger partial charge in [0, 0.05) is 0 Å². The van der Waals surface area contributed by atoms with Crippen molar-refractivity contribution in [2.75, 3.05) is 13.2 Å². The Labute approximate surface area is 108 Å². The number of carbonyl (C=O) groups excluding carboxylic acids is 1. The summed E-state index contributed by atoms with van der Waals surface area (Å²) in [4.78, 5) is 11.8. The predicted octanol–water partition coefficient (Wildman–Crippen LogP) is 2.50. The molecule has 0 N–H and O–H groups in total. The van der Waals surface area contributed by atoms with Gasteiger partial charge in [-0.05, 0) is 24.5 Å². The first kappa shape index (κ1) is 14.3. The van der Waals surface area contributed by atoms with Crippen LogP contribution >= 0.6 is 0 Å². The number of aryl methyl sites for hydroxylation is 1. The van der Waals surface area contributed by atoms with Crippen LogP contribution in [-0.2, 0) is 20.7 Å². The Bertz CT molecular complexity index is 414. The summed E-state index contributed by atoms with van der Waals surface area (Å²) in [6, 6.07) is 7.69. The minimum atomic E-state index is -0.744. The van der Waals surface area contributed by atoms with Crippen molar-refractivity contribution < 1.29 is 14.3 Å². The second-order valence-corrected chi connectivity index (χ2v) is 3.74. The second-order valence-electron chi connectivity index (χ2n) is 3.74. The Hall–Kier alpha value is -1.79. The molecule has 1 atom stereocenters. The summed E-state index contributed by atoms with van der Waals surface area (Å²) in [5.41, 5.74) is 1.97. The first-order chi connectivity index (χ1) is 8.72. The van der Waals surface area contributed by atoms with Crippen molar-refractivity contribution in [3.63, 3.8) is 0 Å². The molecule has 1 rings (SSSR count). The van der Waals surface area contributed by atoms with Gasteiger partial charge in [0.1, 0.15) is 6.61 Å². The molecule has 0 aliphatic rings. The number of benzene rings is 1. The van der Waals surface area contributed by atoms with Crippen molar-refractivity contribution in [1.29, 1.82) is 0 Å². The number of esters is 1. The van der Waals surface area contributed by atoms with Gasteiger partial charge in [-0.25, -0.2) is 4.79 Å². The van der Waals surface area contributed by atoms with Gasteiger partial charge in [-0.2, -0.15) is 0 Å². The van der Waals surface area contributed by atoms with Gasteiger partial charge in [-0.1, -0.05) is 37.1 Å². The quantitative estimate of drug-likeness (QED) is 0.571. The van der Waals surface area contributed by atoms with Crippen LogP contribution in [0.15, 0.2) is 24.3 Å². The average Bonchev–Trinajstić information content (AvgIpc) is 2.40. The Morgan fingerprint density at radius 2 is 2.00 bits per heavy atom. The summed E-state index contributed by atoms with van der Waals surface area (Å²) in [6.07, 6.45) is 5.36. The lowest BCUT2D eigenvalue weighted by molar-refractivity contribution is -0.156. The zero-order chi connectivity index (χ0) is 13.4. The third-order valence-corrected chi connectivity index (χ3v) is 2.52. The van der Waals surface area contributed by atoms with Crippen LogP contribution in [0.4, 0.5) is 0 Å². The van der Waals surface area contributed by atoms with E-state index in [4.69, 9.17) is 15.9 Å². The summed E-state index contributed by atoms with van der Waals surface area (Å²) < 4.78 is 10.3. The molecule has 0 radical (unpaired) electrons. The van der Waals surface area contributed by atoms with Crippen molar-refractivity contribution in [3.8, 4) is 12.3 Å². The van der Waals surface area contributed by atoms with Crippen molar-refractivity contribution in [2.24, 2.45) is 0 Å². The fraction of sp³-hybridized carbons (Fsp3) is 0.400. The maximum atomic E-state index is 11.8. The number of hydrogen-bond donors (Lipinski definition) is 0. The minimum Gasteiger partial charge on any atom is -0.464 e. The summed E-state index contributed by atoms with van der Waals surface area (Å²) >= 11 is 0. The summed E-state index contributed by atoms with van der Waals surface area (Å²) in [7, 11) is 0. The van der Waals surface area contributed by atoms with Crippen molar-refractivity contribution >= 4 is 5.97 Å². The fourth-order valence-corrected chi connectivity index (χ4v) is 1.58. The number of rotatable bonds is 6. The molecule has 3 heteroatoms. The maximum absolute atomic E-state index is 11.8. The van der Waals surface area contributed by atoms with Crippen LogP contribution in [0.1, 0.15) is 31.1 Å². The van der Waals surface area contributed by atoms with Gasteiger partial charge in [-0.15, -0.1) is 6.42 Å². The monoisotopic (exact) mass is 246 g/mol. The first-order valence-corrected chi connectivity index (χ1v) is 6.03.